The number of fused-ring (bicyclic) bond motifs is 1. The zero-order valence-corrected chi connectivity index (χ0v) is 10.7. The number of hydrogen-bond donors (Lipinski definition) is 2. The van der Waals surface area contributed by atoms with Crippen LogP contribution in [0.25, 0.3) is 10.8 Å². The van der Waals surface area contributed by atoms with Crippen molar-refractivity contribution in [3.05, 3.63) is 42.5 Å². The van der Waals surface area contributed by atoms with E-state index in [1.165, 1.54) is 0 Å². The van der Waals surface area contributed by atoms with Crippen molar-refractivity contribution < 1.29 is 4.79 Å². The van der Waals surface area contributed by atoms with Gasteiger partial charge in [0, 0.05) is 17.1 Å². The lowest BCUT2D eigenvalue weighted by atomic mass is 10.1. The highest BCUT2D eigenvalue weighted by atomic mass is 16.1. The molecule has 0 radical (unpaired) electrons. The van der Waals surface area contributed by atoms with Crippen LogP contribution in [0.15, 0.2) is 42.5 Å². The second-order valence-electron chi connectivity index (χ2n) is 4.61. The molecule has 0 aliphatic carbocycles. The summed E-state index contributed by atoms with van der Waals surface area (Å²) in [4.78, 5) is 11.8. The summed E-state index contributed by atoms with van der Waals surface area (Å²) in [6.45, 7) is 4.37. The molecule has 0 unspecified atom stereocenters. The van der Waals surface area contributed by atoms with E-state index in [0.29, 0.717) is 12.6 Å². The standard InChI is InChI=1S/C15H18N2O/c1-11(2)16-10-15(18)17-14-9-5-7-12-6-3-4-8-13(12)14/h3-9,11,16H,10H2,1-2H3,(H,17,18). The molecule has 2 rings (SSSR count). The van der Waals surface area contributed by atoms with Gasteiger partial charge < -0.3 is 10.6 Å². The van der Waals surface area contributed by atoms with Gasteiger partial charge in [-0.3, -0.25) is 4.79 Å². The molecule has 3 nitrogen and oxygen atoms in total. The normalized spacial score (nSPS) is 10.8. The fourth-order valence-electron chi connectivity index (χ4n) is 1.83. The monoisotopic (exact) mass is 242 g/mol. The van der Waals surface area contributed by atoms with Crippen molar-refractivity contribution in [1.29, 1.82) is 0 Å². The Labute approximate surface area is 107 Å². The highest BCUT2D eigenvalue weighted by Crippen LogP contribution is 2.22. The van der Waals surface area contributed by atoms with Crippen LogP contribution in [-0.4, -0.2) is 18.5 Å². The second kappa shape index (κ2) is 5.65. The fourth-order valence-corrected chi connectivity index (χ4v) is 1.83. The van der Waals surface area contributed by atoms with E-state index < -0.39 is 0 Å². The SMILES string of the molecule is CC(C)NCC(=O)Nc1cccc2ccccc12. The van der Waals surface area contributed by atoms with Gasteiger partial charge in [0.15, 0.2) is 0 Å². The lowest BCUT2D eigenvalue weighted by Gasteiger charge is -2.10. The Bertz CT molecular complexity index is 544. The van der Waals surface area contributed by atoms with E-state index in [4.69, 9.17) is 0 Å². The molecule has 0 atom stereocenters. The minimum Gasteiger partial charge on any atom is -0.324 e. The van der Waals surface area contributed by atoms with Crippen molar-refractivity contribution in [3.8, 4) is 0 Å². The van der Waals surface area contributed by atoms with E-state index >= 15 is 0 Å². The summed E-state index contributed by atoms with van der Waals surface area (Å²) < 4.78 is 0. The number of rotatable bonds is 4. The number of amides is 1. The summed E-state index contributed by atoms with van der Waals surface area (Å²) in [6.07, 6.45) is 0. The molecule has 18 heavy (non-hydrogen) atoms. The number of anilines is 1. The summed E-state index contributed by atoms with van der Waals surface area (Å²) in [5, 5.41) is 8.24. The molecule has 0 aliphatic heterocycles. The molecule has 0 fully saturated rings. The van der Waals surface area contributed by atoms with Crippen molar-refractivity contribution in [2.45, 2.75) is 19.9 Å². The quantitative estimate of drug-likeness (QED) is 0.865. The molecule has 2 aromatic rings. The van der Waals surface area contributed by atoms with Crippen molar-refractivity contribution in [2.24, 2.45) is 0 Å². The summed E-state index contributed by atoms with van der Waals surface area (Å²) in [7, 11) is 0. The lowest BCUT2D eigenvalue weighted by molar-refractivity contribution is -0.115. The minimum atomic E-state index is -0.0138. The van der Waals surface area contributed by atoms with Gasteiger partial charge in [0.1, 0.15) is 0 Å². The van der Waals surface area contributed by atoms with Crippen molar-refractivity contribution >= 4 is 22.4 Å². The van der Waals surface area contributed by atoms with Crippen molar-refractivity contribution in [2.75, 3.05) is 11.9 Å². The molecule has 1 amide bonds. The maximum absolute atomic E-state index is 11.8. The minimum absolute atomic E-state index is 0.0138. The first kappa shape index (κ1) is 12.6. The largest absolute Gasteiger partial charge is 0.324 e. The molecule has 0 saturated heterocycles. The zero-order chi connectivity index (χ0) is 13.0. The highest BCUT2D eigenvalue weighted by Gasteiger charge is 2.05. The second-order valence-corrected chi connectivity index (χ2v) is 4.61. The molecule has 0 spiro atoms. The average Bonchev–Trinajstić information content (AvgIpc) is 2.37. The summed E-state index contributed by atoms with van der Waals surface area (Å²) >= 11 is 0. The highest BCUT2D eigenvalue weighted by molar-refractivity contribution is 6.02. The topological polar surface area (TPSA) is 41.1 Å². The predicted octanol–water partition coefficient (Wildman–Crippen LogP) is 2.78. The van der Waals surface area contributed by atoms with E-state index in [1.54, 1.807) is 0 Å². The first-order valence-corrected chi connectivity index (χ1v) is 6.18. The Balaban J connectivity index is 2.14. The third-order valence-corrected chi connectivity index (χ3v) is 2.73. The molecule has 0 heterocycles. The van der Waals surface area contributed by atoms with Gasteiger partial charge in [0.25, 0.3) is 0 Å². The van der Waals surface area contributed by atoms with E-state index in [2.05, 4.69) is 10.6 Å². The van der Waals surface area contributed by atoms with Gasteiger partial charge in [-0.15, -0.1) is 0 Å². The molecule has 2 N–H and O–H groups in total. The van der Waals surface area contributed by atoms with E-state index in [1.807, 2.05) is 56.3 Å². The van der Waals surface area contributed by atoms with Crippen LogP contribution >= 0.6 is 0 Å². The molecular weight excluding hydrogens is 224 g/mol. The van der Waals surface area contributed by atoms with E-state index in [9.17, 15) is 4.79 Å². The maximum Gasteiger partial charge on any atom is 0.238 e. The van der Waals surface area contributed by atoms with Gasteiger partial charge in [-0.2, -0.15) is 0 Å². The molecule has 0 aromatic heterocycles. The first-order valence-electron chi connectivity index (χ1n) is 6.18. The van der Waals surface area contributed by atoms with E-state index in [-0.39, 0.29) is 5.91 Å². The molecular formula is C15H18N2O. The van der Waals surface area contributed by atoms with Crippen LogP contribution in [0.5, 0.6) is 0 Å². The Kier molecular flexibility index (Phi) is 3.95. The van der Waals surface area contributed by atoms with Gasteiger partial charge in [0.2, 0.25) is 5.91 Å². The molecule has 3 heteroatoms. The van der Waals surface area contributed by atoms with Crippen molar-refractivity contribution in [3.63, 3.8) is 0 Å². The van der Waals surface area contributed by atoms with Crippen LogP contribution in [0.1, 0.15) is 13.8 Å². The van der Waals surface area contributed by atoms with Gasteiger partial charge in [-0.05, 0) is 11.5 Å². The Morgan fingerprint density at radius 3 is 2.61 bits per heavy atom. The number of benzene rings is 2. The zero-order valence-electron chi connectivity index (χ0n) is 10.7. The predicted molar refractivity (Wildman–Crippen MR) is 75.7 cm³/mol. The van der Waals surface area contributed by atoms with Gasteiger partial charge in [-0.25, -0.2) is 0 Å². The van der Waals surface area contributed by atoms with Gasteiger partial charge >= 0.3 is 0 Å². The Morgan fingerprint density at radius 2 is 1.83 bits per heavy atom. The molecule has 0 saturated carbocycles. The first-order chi connectivity index (χ1) is 8.66. The number of carbonyl (C=O) groups excluding carboxylic acids is 1. The van der Waals surface area contributed by atoms with Crippen LogP contribution in [0.2, 0.25) is 0 Å². The average molecular weight is 242 g/mol. The molecule has 0 aliphatic rings. The van der Waals surface area contributed by atoms with Crippen molar-refractivity contribution in [1.82, 2.24) is 5.32 Å². The van der Waals surface area contributed by atoms with Crippen LogP contribution in [0.3, 0.4) is 0 Å². The summed E-state index contributed by atoms with van der Waals surface area (Å²) in [5.41, 5.74) is 0.864. The molecule has 2 aromatic carbocycles. The Hall–Kier alpha value is -1.87. The Morgan fingerprint density at radius 1 is 1.11 bits per heavy atom. The fraction of sp³-hybridized carbons (Fsp3) is 0.267. The van der Waals surface area contributed by atoms with Crippen LogP contribution < -0.4 is 10.6 Å². The van der Waals surface area contributed by atoms with Crippen LogP contribution in [0, 0.1) is 0 Å². The number of nitrogens with one attached hydrogen (secondary N) is 2. The summed E-state index contributed by atoms with van der Waals surface area (Å²) in [5.74, 6) is -0.0138. The van der Waals surface area contributed by atoms with Crippen LogP contribution in [0.4, 0.5) is 5.69 Å². The van der Waals surface area contributed by atoms with Gasteiger partial charge in [0.05, 0.1) is 6.54 Å². The molecule has 94 valence electrons. The number of hydrogen-bond acceptors (Lipinski definition) is 2. The van der Waals surface area contributed by atoms with Gasteiger partial charge in [-0.1, -0.05) is 50.2 Å². The smallest absolute Gasteiger partial charge is 0.238 e. The maximum atomic E-state index is 11.8. The number of carbonyl (C=O) groups is 1. The van der Waals surface area contributed by atoms with Crippen LogP contribution in [-0.2, 0) is 4.79 Å². The molecule has 0 bridgehead atoms. The summed E-state index contributed by atoms with van der Waals surface area (Å²) in [6, 6.07) is 14.3. The van der Waals surface area contributed by atoms with E-state index in [0.717, 1.165) is 16.5 Å². The third-order valence-electron chi connectivity index (χ3n) is 2.73. The third kappa shape index (κ3) is 3.08. The lowest BCUT2D eigenvalue weighted by Crippen LogP contribution is -2.32.